The Morgan fingerprint density at radius 3 is 2.33 bits per heavy atom. The zero-order valence-electron chi connectivity index (χ0n) is 6.59. The molecule has 0 aliphatic carbocycles. The summed E-state index contributed by atoms with van der Waals surface area (Å²) in [5, 5.41) is 9.12. The maximum Gasteiger partial charge on any atom is 0.0664 e. The van der Waals surface area contributed by atoms with Gasteiger partial charge < -0.3 is 10.0 Å². The summed E-state index contributed by atoms with van der Waals surface area (Å²) in [6.45, 7) is 5.89. The van der Waals surface area contributed by atoms with Crippen LogP contribution in [0.15, 0.2) is 0 Å². The minimum atomic E-state index is -0.144. The zero-order chi connectivity index (χ0) is 7.28. The number of nitrogens with zero attached hydrogens (tertiary/aromatic N) is 1. The first-order chi connectivity index (χ1) is 4.20. The van der Waals surface area contributed by atoms with Crippen molar-refractivity contribution in [1.29, 1.82) is 0 Å². The van der Waals surface area contributed by atoms with E-state index in [9.17, 15) is 0 Å². The highest BCUT2D eigenvalue weighted by Gasteiger charge is 2.01. The molecule has 0 saturated heterocycles. The predicted octanol–water partition coefficient (Wildman–Crippen LogP) is 0.709. The van der Waals surface area contributed by atoms with E-state index in [1.807, 2.05) is 14.0 Å². The van der Waals surface area contributed by atoms with E-state index in [1.54, 1.807) is 0 Å². The summed E-state index contributed by atoms with van der Waals surface area (Å²) < 4.78 is 0. The number of likely N-dealkylation sites (N-methyl/N-ethyl adjacent to an activating group) is 1. The summed E-state index contributed by atoms with van der Waals surface area (Å²) in [5.74, 6) is 0. The van der Waals surface area contributed by atoms with Crippen LogP contribution >= 0.6 is 0 Å². The van der Waals surface area contributed by atoms with E-state index in [2.05, 4.69) is 11.8 Å². The van der Waals surface area contributed by atoms with Gasteiger partial charge >= 0.3 is 0 Å². The standard InChI is InChI=1S/C7H17NO/c1-4-7(9)6-8(3)5-2/h7,9H,4-6H2,1-3H3. The largest absolute Gasteiger partial charge is 0.392 e. The van der Waals surface area contributed by atoms with Crippen LogP contribution in [0.5, 0.6) is 0 Å². The van der Waals surface area contributed by atoms with Crippen molar-refractivity contribution in [1.82, 2.24) is 4.90 Å². The summed E-state index contributed by atoms with van der Waals surface area (Å²) in [7, 11) is 2.01. The molecule has 0 aromatic rings. The fourth-order valence-corrected chi connectivity index (χ4v) is 0.618. The van der Waals surface area contributed by atoms with Gasteiger partial charge in [0, 0.05) is 6.54 Å². The van der Waals surface area contributed by atoms with Gasteiger partial charge in [0.25, 0.3) is 0 Å². The van der Waals surface area contributed by atoms with Gasteiger partial charge in [-0.3, -0.25) is 0 Å². The highest BCUT2D eigenvalue weighted by atomic mass is 16.3. The van der Waals surface area contributed by atoms with Gasteiger partial charge in [0.2, 0.25) is 0 Å². The van der Waals surface area contributed by atoms with Crippen LogP contribution in [0.4, 0.5) is 0 Å². The summed E-state index contributed by atoms with van der Waals surface area (Å²) in [6.07, 6.45) is 0.708. The van der Waals surface area contributed by atoms with Crippen LogP contribution < -0.4 is 0 Å². The van der Waals surface area contributed by atoms with Gasteiger partial charge in [-0.2, -0.15) is 0 Å². The van der Waals surface area contributed by atoms with Crippen LogP contribution in [0, 0.1) is 0 Å². The summed E-state index contributed by atoms with van der Waals surface area (Å²) in [6, 6.07) is 0. The SMILES string of the molecule is CCC(O)CN(C)CC. The molecular formula is C7H17NO. The fourth-order valence-electron chi connectivity index (χ4n) is 0.618. The first-order valence-corrected chi connectivity index (χ1v) is 3.57. The van der Waals surface area contributed by atoms with Gasteiger partial charge in [0.15, 0.2) is 0 Å². The molecule has 0 bridgehead atoms. The van der Waals surface area contributed by atoms with Crippen molar-refractivity contribution in [2.24, 2.45) is 0 Å². The molecule has 1 unspecified atom stereocenters. The molecule has 0 amide bonds. The van der Waals surface area contributed by atoms with Crippen LogP contribution in [0.3, 0.4) is 0 Å². The number of aliphatic hydroxyl groups is 1. The number of hydrogen-bond acceptors (Lipinski definition) is 2. The van der Waals surface area contributed by atoms with Crippen molar-refractivity contribution in [3.63, 3.8) is 0 Å². The fraction of sp³-hybridized carbons (Fsp3) is 1.00. The average molecular weight is 131 g/mol. The maximum absolute atomic E-state index is 9.12. The van der Waals surface area contributed by atoms with Crippen LogP contribution in [0.2, 0.25) is 0 Å². The van der Waals surface area contributed by atoms with E-state index in [4.69, 9.17) is 5.11 Å². The third-order valence-electron chi connectivity index (χ3n) is 1.53. The molecule has 1 N–H and O–H groups in total. The van der Waals surface area contributed by atoms with E-state index in [1.165, 1.54) is 0 Å². The minimum Gasteiger partial charge on any atom is -0.392 e. The second-order valence-electron chi connectivity index (χ2n) is 2.42. The molecule has 0 aliphatic heterocycles. The lowest BCUT2D eigenvalue weighted by Gasteiger charge is -2.16. The Kier molecular flexibility index (Phi) is 4.72. The molecule has 9 heavy (non-hydrogen) atoms. The van der Waals surface area contributed by atoms with E-state index in [0.717, 1.165) is 19.5 Å². The van der Waals surface area contributed by atoms with Gasteiger partial charge in [-0.05, 0) is 20.0 Å². The van der Waals surface area contributed by atoms with Gasteiger partial charge in [-0.15, -0.1) is 0 Å². The van der Waals surface area contributed by atoms with Crippen molar-refractivity contribution in [2.45, 2.75) is 26.4 Å². The molecule has 0 aliphatic rings. The van der Waals surface area contributed by atoms with E-state index in [-0.39, 0.29) is 6.10 Å². The lowest BCUT2D eigenvalue weighted by Crippen LogP contribution is -2.28. The quantitative estimate of drug-likeness (QED) is 0.607. The molecule has 56 valence electrons. The van der Waals surface area contributed by atoms with Gasteiger partial charge in [0.1, 0.15) is 0 Å². The monoisotopic (exact) mass is 131 g/mol. The smallest absolute Gasteiger partial charge is 0.0664 e. The minimum absolute atomic E-state index is 0.144. The Bertz CT molecular complexity index is 57.9. The molecule has 0 radical (unpaired) electrons. The van der Waals surface area contributed by atoms with E-state index < -0.39 is 0 Å². The first kappa shape index (κ1) is 8.92. The van der Waals surface area contributed by atoms with Crippen LogP contribution in [-0.2, 0) is 0 Å². The Morgan fingerprint density at radius 1 is 1.44 bits per heavy atom. The lowest BCUT2D eigenvalue weighted by atomic mass is 10.3. The molecule has 2 heteroatoms. The van der Waals surface area contributed by atoms with E-state index in [0.29, 0.717) is 0 Å². The Labute approximate surface area is 57.5 Å². The Morgan fingerprint density at radius 2 is 2.00 bits per heavy atom. The van der Waals surface area contributed by atoms with Gasteiger partial charge in [-0.1, -0.05) is 13.8 Å². The Hall–Kier alpha value is -0.0800. The third-order valence-corrected chi connectivity index (χ3v) is 1.53. The first-order valence-electron chi connectivity index (χ1n) is 3.57. The average Bonchev–Trinajstić information content (AvgIpc) is 1.87. The highest BCUT2D eigenvalue weighted by molar-refractivity contribution is 4.56. The van der Waals surface area contributed by atoms with Crippen molar-refractivity contribution in [3.05, 3.63) is 0 Å². The van der Waals surface area contributed by atoms with Crippen LogP contribution in [-0.4, -0.2) is 36.2 Å². The second-order valence-corrected chi connectivity index (χ2v) is 2.42. The molecule has 0 saturated carbocycles. The number of hydrogen-bond donors (Lipinski definition) is 1. The van der Waals surface area contributed by atoms with Crippen molar-refractivity contribution >= 4 is 0 Å². The summed E-state index contributed by atoms with van der Waals surface area (Å²) >= 11 is 0. The van der Waals surface area contributed by atoms with Crippen LogP contribution in [0.1, 0.15) is 20.3 Å². The summed E-state index contributed by atoms with van der Waals surface area (Å²) in [5.41, 5.74) is 0. The molecule has 0 aromatic heterocycles. The van der Waals surface area contributed by atoms with Crippen LogP contribution in [0.25, 0.3) is 0 Å². The normalized spacial score (nSPS) is 14.3. The zero-order valence-corrected chi connectivity index (χ0v) is 6.59. The molecule has 0 rings (SSSR count). The predicted molar refractivity (Wildman–Crippen MR) is 39.5 cm³/mol. The van der Waals surface area contributed by atoms with E-state index >= 15 is 0 Å². The van der Waals surface area contributed by atoms with Gasteiger partial charge in [-0.25, -0.2) is 0 Å². The number of rotatable bonds is 4. The molecule has 1 atom stereocenters. The van der Waals surface area contributed by atoms with Crippen molar-refractivity contribution in [3.8, 4) is 0 Å². The molecule has 0 aromatic carbocycles. The molecule has 0 fully saturated rings. The maximum atomic E-state index is 9.12. The van der Waals surface area contributed by atoms with Gasteiger partial charge in [0.05, 0.1) is 6.10 Å². The molecule has 0 heterocycles. The molecular weight excluding hydrogens is 114 g/mol. The lowest BCUT2D eigenvalue weighted by molar-refractivity contribution is 0.125. The number of aliphatic hydroxyl groups excluding tert-OH is 1. The highest BCUT2D eigenvalue weighted by Crippen LogP contribution is 1.91. The third kappa shape index (κ3) is 4.43. The Balaban J connectivity index is 3.22. The van der Waals surface area contributed by atoms with Crippen molar-refractivity contribution in [2.75, 3.05) is 20.1 Å². The second kappa shape index (κ2) is 4.77. The molecule has 2 nitrogen and oxygen atoms in total. The topological polar surface area (TPSA) is 23.5 Å². The molecule has 0 spiro atoms. The van der Waals surface area contributed by atoms with Crippen molar-refractivity contribution < 1.29 is 5.11 Å². The summed E-state index contributed by atoms with van der Waals surface area (Å²) in [4.78, 5) is 2.11.